The first-order chi connectivity index (χ1) is 14.1. The molecular weight excluding hydrogens is 370 g/mol. The minimum Gasteiger partial charge on any atom is -0.385 e. The standard InChI is InChI=1S/C21H33N5O3/c1-16-18(13-25(2)23-16)14-26-9-4-7-21(15-26,8-12-27-3)20-22-19(29-24-20)17-5-10-28-11-6-17/h13,17H,4-12,14-15H2,1-3H3/t21-/m1/s1. The smallest absolute Gasteiger partial charge is 0.229 e. The SMILES string of the molecule is COCC[C@]1(c2noc(C3CCOCC3)n2)CCCN(Cc2cn(C)nc2C)C1. The third-order valence-electron chi connectivity index (χ3n) is 6.44. The Balaban J connectivity index is 1.54. The third-order valence-corrected chi connectivity index (χ3v) is 6.44. The van der Waals surface area contributed by atoms with E-state index in [0.29, 0.717) is 12.5 Å². The molecule has 0 amide bonds. The molecule has 2 fully saturated rings. The number of aromatic nitrogens is 4. The van der Waals surface area contributed by atoms with Crippen LogP contribution in [0.25, 0.3) is 0 Å². The van der Waals surface area contributed by atoms with Crippen LogP contribution in [0.1, 0.15) is 61.0 Å². The van der Waals surface area contributed by atoms with Crippen LogP contribution in [0.2, 0.25) is 0 Å². The molecule has 0 unspecified atom stereocenters. The maximum Gasteiger partial charge on any atom is 0.229 e. The van der Waals surface area contributed by atoms with Gasteiger partial charge in [-0.05, 0) is 45.6 Å². The first kappa shape index (κ1) is 20.5. The highest BCUT2D eigenvalue weighted by molar-refractivity contribution is 5.17. The summed E-state index contributed by atoms with van der Waals surface area (Å²) in [5, 5.41) is 8.97. The van der Waals surface area contributed by atoms with Crippen molar-refractivity contribution in [3.8, 4) is 0 Å². The van der Waals surface area contributed by atoms with Crippen molar-refractivity contribution in [2.75, 3.05) is 40.0 Å². The highest BCUT2D eigenvalue weighted by atomic mass is 16.5. The summed E-state index contributed by atoms with van der Waals surface area (Å²) in [6.07, 6.45) is 7.12. The Bertz CT molecular complexity index is 798. The van der Waals surface area contributed by atoms with Crippen LogP contribution in [0.15, 0.2) is 10.7 Å². The molecule has 160 valence electrons. The molecule has 0 aromatic carbocycles. The number of aryl methyl sites for hydroxylation is 2. The van der Waals surface area contributed by atoms with Gasteiger partial charge in [0.2, 0.25) is 5.89 Å². The van der Waals surface area contributed by atoms with E-state index in [0.717, 1.165) is 82.4 Å². The summed E-state index contributed by atoms with van der Waals surface area (Å²) >= 11 is 0. The van der Waals surface area contributed by atoms with Crippen molar-refractivity contribution in [3.05, 3.63) is 29.2 Å². The van der Waals surface area contributed by atoms with Crippen molar-refractivity contribution >= 4 is 0 Å². The Morgan fingerprint density at radius 3 is 2.86 bits per heavy atom. The molecular formula is C21H33N5O3. The van der Waals surface area contributed by atoms with Crippen molar-refractivity contribution in [2.45, 2.75) is 56.9 Å². The van der Waals surface area contributed by atoms with Gasteiger partial charge in [-0.25, -0.2) is 0 Å². The number of methoxy groups -OCH3 is 1. The molecule has 4 heterocycles. The number of rotatable bonds is 7. The van der Waals surface area contributed by atoms with Crippen LogP contribution in [0, 0.1) is 6.92 Å². The van der Waals surface area contributed by atoms with Crippen molar-refractivity contribution in [2.24, 2.45) is 7.05 Å². The molecule has 2 aromatic rings. The average Bonchev–Trinajstić information content (AvgIpc) is 3.35. The molecule has 0 radical (unpaired) electrons. The van der Waals surface area contributed by atoms with Gasteiger partial charge in [0.15, 0.2) is 5.82 Å². The van der Waals surface area contributed by atoms with E-state index >= 15 is 0 Å². The fourth-order valence-electron chi connectivity index (χ4n) is 4.76. The Morgan fingerprint density at radius 2 is 2.14 bits per heavy atom. The Kier molecular flexibility index (Phi) is 6.32. The summed E-state index contributed by atoms with van der Waals surface area (Å²) in [5.41, 5.74) is 2.25. The fourth-order valence-corrected chi connectivity index (χ4v) is 4.76. The zero-order chi connectivity index (χ0) is 20.3. The van der Waals surface area contributed by atoms with Crippen LogP contribution in [-0.2, 0) is 28.5 Å². The second-order valence-corrected chi connectivity index (χ2v) is 8.59. The van der Waals surface area contributed by atoms with E-state index in [1.807, 2.05) is 11.7 Å². The van der Waals surface area contributed by atoms with E-state index in [1.165, 1.54) is 5.56 Å². The van der Waals surface area contributed by atoms with Gasteiger partial charge in [-0.3, -0.25) is 9.58 Å². The quantitative estimate of drug-likeness (QED) is 0.703. The molecule has 8 nitrogen and oxygen atoms in total. The molecule has 0 saturated carbocycles. The summed E-state index contributed by atoms with van der Waals surface area (Å²) in [5.74, 6) is 1.95. The first-order valence-electron chi connectivity index (χ1n) is 10.7. The maximum absolute atomic E-state index is 5.75. The lowest BCUT2D eigenvalue weighted by atomic mass is 9.76. The van der Waals surface area contributed by atoms with Crippen molar-refractivity contribution in [1.82, 2.24) is 24.8 Å². The van der Waals surface area contributed by atoms with Crippen molar-refractivity contribution in [3.63, 3.8) is 0 Å². The summed E-state index contributed by atoms with van der Waals surface area (Å²) in [6.45, 7) is 7.22. The molecule has 0 N–H and O–H groups in total. The van der Waals surface area contributed by atoms with Gasteiger partial charge in [0.25, 0.3) is 0 Å². The van der Waals surface area contributed by atoms with Gasteiger partial charge in [0, 0.05) is 70.2 Å². The molecule has 0 bridgehead atoms. The largest absolute Gasteiger partial charge is 0.385 e. The second kappa shape index (κ2) is 8.93. The van der Waals surface area contributed by atoms with Crippen LogP contribution in [-0.4, -0.2) is 64.8 Å². The molecule has 4 rings (SSSR count). The minimum atomic E-state index is -0.128. The lowest BCUT2D eigenvalue weighted by Gasteiger charge is -2.41. The van der Waals surface area contributed by atoms with E-state index in [2.05, 4.69) is 28.3 Å². The topological polar surface area (TPSA) is 78.4 Å². The average molecular weight is 404 g/mol. The number of hydrogen-bond donors (Lipinski definition) is 0. The van der Waals surface area contributed by atoms with Gasteiger partial charge in [0.05, 0.1) is 5.69 Å². The molecule has 2 aromatic heterocycles. The Labute approximate surface area is 172 Å². The zero-order valence-electron chi connectivity index (χ0n) is 17.9. The molecule has 29 heavy (non-hydrogen) atoms. The van der Waals surface area contributed by atoms with Crippen LogP contribution < -0.4 is 0 Å². The van der Waals surface area contributed by atoms with Crippen LogP contribution in [0.5, 0.6) is 0 Å². The lowest BCUT2D eigenvalue weighted by Crippen LogP contribution is -2.47. The molecule has 2 aliphatic heterocycles. The van der Waals surface area contributed by atoms with Crippen LogP contribution in [0.3, 0.4) is 0 Å². The van der Waals surface area contributed by atoms with E-state index in [-0.39, 0.29) is 5.41 Å². The monoisotopic (exact) mass is 403 g/mol. The molecule has 2 aliphatic rings. The van der Waals surface area contributed by atoms with Crippen molar-refractivity contribution < 1.29 is 14.0 Å². The number of hydrogen-bond acceptors (Lipinski definition) is 7. The third kappa shape index (κ3) is 4.54. The molecule has 2 saturated heterocycles. The van der Waals surface area contributed by atoms with E-state index < -0.39 is 0 Å². The second-order valence-electron chi connectivity index (χ2n) is 8.59. The predicted molar refractivity (Wildman–Crippen MR) is 108 cm³/mol. The summed E-state index contributed by atoms with van der Waals surface area (Å²) in [4.78, 5) is 7.42. The van der Waals surface area contributed by atoms with Gasteiger partial charge in [-0.1, -0.05) is 5.16 Å². The number of piperidine rings is 1. The zero-order valence-corrected chi connectivity index (χ0v) is 17.9. The lowest BCUT2D eigenvalue weighted by molar-refractivity contribution is 0.0778. The van der Waals surface area contributed by atoms with Crippen LogP contribution in [0.4, 0.5) is 0 Å². The number of ether oxygens (including phenoxy) is 2. The van der Waals surface area contributed by atoms with Crippen molar-refractivity contribution in [1.29, 1.82) is 0 Å². The van der Waals surface area contributed by atoms with Gasteiger partial charge in [-0.2, -0.15) is 10.1 Å². The highest BCUT2D eigenvalue weighted by Gasteiger charge is 2.41. The van der Waals surface area contributed by atoms with E-state index in [4.69, 9.17) is 19.0 Å². The van der Waals surface area contributed by atoms with Crippen LogP contribution >= 0.6 is 0 Å². The Morgan fingerprint density at radius 1 is 1.31 bits per heavy atom. The molecule has 8 heteroatoms. The maximum atomic E-state index is 5.75. The van der Waals surface area contributed by atoms with E-state index in [1.54, 1.807) is 7.11 Å². The van der Waals surface area contributed by atoms with E-state index in [9.17, 15) is 0 Å². The van der Waals surface area contributed by atoms with Gasteiger partial charge in [0.1, 0.15) is 0 Å². The highest BCUT2D eigenvalue weighted by Crippen LogP contribution is 2.37. The predicted octanol–water partition coefficient (Wildman–Crippen LogP) is 2.58. The summed E-state index contributed by atoms with van der Waals surface area (Å²) in [6, 6.07) is 0. The molecule has 0 spiro atoms. The fraction of sp³-hybridized carbons (Fsp3) is 0.762. The van der Waals surface area contributed by atoms with Gasteiger partial charge in [-0.15, -0.1) is 0 Å². The Hall–Kier alpha value is -1.77. The van der Waals surface area contributed by atoms with Gasteiger partial charge >= 0.3 is 0 Å². The number of likely N-dealkylation sites (tertiary alicyclic amines) is 1. The molecule has 1 atom stereocenters. The normalized spacial score (nSPS) is 24.2. The molecule has 0 aliphatic carbocycles. The summed E-state index contributed by atoms with van der Waals surface area (Å²) in [7, 11) is 3.74. The first-order valence-corrected chi connectivity index (χ1v) is 10.7. The number of nitrogens with zero attached hydrogens (tertiary/aromatic N) is 5. The van der Waals surface area contributed by atoms with Gasteiger partial charge < -0.3 is 14.0 Å². The minimum absolute atomic E-state index is 0.128. The summed E-state index contributed by atoms with van der Waals surface area (Å²) < 4.78 is 18.6.